The molecule has 3 rings (SSSR count). The van der Waals surface area contributed by atoms with Crippen LogP contribution in [-0.2, 0) is 0 Å². The number of hydrogen-bond acceptors (Lipinski definition) is 10. The Bertz CT molecular complexity index is 1210. The fourth-order valence-electron chi connectivity index (χ4n) is 3.38. The smallest absolute Gasteiger partial charge is 0.269 e. The van der Waals surface area contributed by atoms with Crippen molar-refractivity contribution in [2.24, 2.45) is 20.5 Å². The molecule has 0 bridgehead atoms. The third kappa shape index (κ3) is 6.83. The summed E-state index contributed by atoms with van der Waals surface area (Å²) in [6.07, 6.45) is 0.979. The molecule has 0 heterocycles. The van der Waals surface area contributed by atoms with Gasteiger partial charge in [0, 0.05) is 43.0 Å². The Kier molecular flexibility index (Phi) is 9.40. The van der Waals surface area contributed by atoms with E-state index in [2.05, 4.69) is 32.3 Å². The lowest BCUT2D eigenvalue weighted by Gasteiger charge is -2.23. The molecule has 3 aromatic carbocycles. The molecule has 0 aliphatic heterocycles. The van der Waals surface area contributed by atoms with Crippen molar-refractivity contribution < 1.29 is 19.5 Å². The molecule has 0 radical (unpaired) electrons. The van der Waals surface area contributed by atoms with E-state index in [0.717, 1.165) is 18.7 Å². The summed E-state index contributed by atoms with van der Waals surface area (Å²) >= 11 is 0. The van der Waals surface area contributed by atoms with Crippen LogP contribution in [0, 0.1) is 10.1 Å². The van der Waals surface area contributed by atoms with Crippen LogP contribution in [-0.4, -0.2) is 43.9 Å². The molecule has 188 valence electrons. The second-order valence-corrected chi connectivity index (χ2v) is 7.60. The molecule has 0 aromatic heterocycles. The van der Waals surface area contributed by atoms with Crippen molar-refractivity contribution in [3.8, 4) is 11.5 Å². The summed E-state index contributed by atoms with van der Waals surface area (Å²) in [7, 11) is 3.01. The average molecular weight is 493 g/mol. The molecule has 0 aliphatic carbocycles. The van der Waals surface area contributed by atoms with Gasteiger partial charge in [-0.15, -0.1) is 10.2 Å². The first-order chi connectivity index (χ1) is 17.5. The van der Waals surface area contributed by atoms with E-state index in [9.17, 15) is 15.2 Å². The number of nitro groups is 1. The molecule has 0 saturated heterocycles. The number of ether oxygens (including phenoxy) is 2. The van der Waals surface area contributed by atoms with Crippen LogP contribution < -0.4 is 14.4 Å². The minimum absolute atomic E-state index is 0.0269. The largest absolute Gasteiger partial charge is 0.494 e. The first kappa shape index (κ1) is 26.2. The number of rotatable bonds is 12. The van der Waals surface area contributed by atoms with Gasteiger partial charge in [-0.25, -0.2) is 0 Å². The van der Waals surface area contributed by atoms with Gasteiger partial charge in [0.1, 0.15) is 22.9 Å². The van der Waals surface area contributed by atoms with E-state index in [4.69, 9.17) is 9.47 Å². The van der Waals surface area contributed by atoms with E-state index in [1.54, 1.807) is 12.1 Å². The maximum absolute atomic E-state index is 10.8. The number of anilines is 1. The van der Waals surface area contributed by atoms with Crippen LogP contribution in [0.3, 0.4) is 0 Å². The lowest BCUT2D eigenvalue weighted by Crippen LogP contribution is -2.27. The number of methoxy groups -OCH3 is 2. The average Bonchev–Trinajstić information content (AvgIpc) is 2.91. The molecule has 0 saturated carbocycles. The number of aliphatic hydroxyl groups excluding tert-OH is 1. The van der Waals surface area contributed by atoms with Crippen molar-refractivity contribution in [1.82, 2.24) is 0 Å². The van der Waals surface area contributed by atoms with Gasteiger partial charge in [0.2, 0.25) is 0 Å². The summed E-state index contributed by atoms with van der Waals surface area (Å²) in [4.78, 5) is 12.4. The zero-order chi connectivity index (χ0) is 25.9. The van der Waals surface area contributed by atoms with Gasteiger partial charge in [-0.3, -0.25) is 10.1 Å². The molecule has 11 heteroatoms. The Hall–Kier alpha value is -4.38. The predicted molar refractivity (Wildman–Crippen MR) is 137 cm³/mol. The van der Waals surface area contributed by atoms with Gasteiger partial charge in [0.15, 0.2) is 0 Å². The second-order valence-electron chi connectivity index (χ2n) is 7.60. The Labute approximate surface area is 208 Å². The van der Waals surface area contributed by atoms with Crippen molar-refractivity contribution in [2.45, 2.75) is 13.3 Å². The highest BCUT2D eigenvalue weighted by molar-refractivity contribution is 5.66. The molecule has 0 spiro atoms. The SMILES string of the molecule is CCCN(CCO)c1ccc(N=Nc2cc(OC)c(N=Nc3ccc([N+](=O)[O-])cc3)cc2OC)cc1. The summed E-state index contributed by atoms with van der Waals surface area (Å²) in [5.41, 5.74) is 2.93. The van der Waals surface area contributed by atoms with Gasteiger partial charge in [-0.1, -0.05) is 6.92 Å². The van der Waals surface area contributed by atoms with Crippen LogP contribution in [0.2, 0.25) is 0 Å². The van der Waals surface area contributed by atoms with E-state index in [0.29, 0.717) is 40.8 Å². The van der Waals surface area contributed by atoms with Gasteiger partial charge < -0.3 is 19.5 Å². The van der Waals surface area contributed by atoms with Crippen LogP contribution in [0.4, 0.5) is 34.1 Å². The molecule has 0 atom stereocenters. The maximum Gasteiger partial charge on any atom is 0.269 e. The molecule has 0 fully saturated rings. The summed E-state index contributed by atoms with van der Waals surface area (Å²) < 4.78 is 10.9. The molecule has 0 amide bonds. The number of benzene rings is 3. The van der Waals surface area contributed by atoms with Crippen LogP contribution >= 0.6 is 0 Å². The van der Waals surface area contributed by atoms with Crippen LogP contribution in [0.15, 0.2) is 81.1 Å². The molecule has 36 heavy (non-hydrogen) atoms. The first-order valence-corrected chi connectivity index (χ1v) is 11.3. The maximum atomic E-state index is 10.8. The Morgan fingerprint density at radius 2 is 1.33 bits per heavy atom. The zero-order valence-electron chi connectivity index (χ0n) is 20.4. The lowest BCUT2D eigenvalue weighted by molar-refractivity contribution is -0.384. The van der Waals surface area contributed by atoms with Gasteiger partial charge >= 0.3 is 0 Å². The van der Waals surface area contributed by atoms with Crippen molar-refractivity contribution in [3.05, 3.63) is 70.8 Å². The summed E-state index contributed by atoms with van der Waals surface area (Å²) in [6, 6.07) is 16.6. The van der Waals surface area contributed by atoms with Gasteiger partial charge in [-0.2, -0.15) is 10.2 Å². The quantitative estimate of drug-likeness (QED) is 0.171. The highest BCUT2D eigenvalue weighted by atomic mass is 16.6. The molecule has 1 N–H and O–H groups in total. The van der Waals surface area contributed by atoms with Gasteiger partial charge in [0.25, 0.3) is 5.69 Å². The summed E-state index contributed by atoms with van der Waals surface area (Å²) in [5.74, 6) is 0.829. The Balaban J connectivity index is 1.81. The Morgan fingerprint density at radius 3 is 1.75 bits per heavy atom. The minimum atomic E-state index is -0.477. The standard InChI is InChI=1S/C25H28N6O5/c1-4-13-30(14-15-32)20-9-5-18(6-10-20)26-28-22-16-25(36-3)23(17-24(22)35-2)29-27-19-7-11-21(12-8-19)31(33)34/h5-12,16-17,32H,4,13-15H2,1-3H3. The molecule has 3 aromatic rings. The summed E-state index contributed by atoms with van der Waals surface area (Å²) in [6.45, 7) is 3.61. The lowest BCUT2D eigenvalue weighted by atomic mass is 10.2. The third-order valence-corrected chi connectivity index (χ3v) is 5.17. The number of non-ortho nitro benzene ring substituents is 1. The number of azo groups is 2. The van der Waals surface area contributed by atoms with E-state index in [-0.39, 0.29) is 12.3 Å². The van der Waals surface area contributed by atoms with E-state index in [1.165, 1.54) is 38.5 Å². The van der Waals surface area contributed by atoms with Gasteiger partial charge in [0.05, 0.1) is 37.1 Å². The number of nitro benzene ring substituents is 1. The molecule has 11 nitrogen and oxygen atoms in total. The van der Waals surface area contributed by atoms with Crippen molar-refractivity contribution in [3.63, 3.8) is 0 Å². The number of aliphatic hydroxyl groups is 1. The normalized spacial score (nSPS) is 11.2. The van der Waals surface area contributed by atoms with Gasteiger partial charge in [-0.05, 0) is 42.8 Å². The van der Waals surface area contributed by atoms with Crippen molar-refractivity contribution in [1.29, 1.82) is 0 Å². The number of hydrogen-bond donors (Lipinski definition) is 1. The topological polar surface area (TPSA) is 135 Å². The fraction of sp³-hybridized carbons (Fsp3) is 0.280. The van der Waals surface area contributed by atoms with E-state index < -0.39 is 4.92 Å². The monoisotopic (exact) mass is 492 g/mol. The fourth-order valence-corrected chi connectivity index (χ4v) is 3.38. The zero-order valence-corrected chi connectivity index (χ0v) is 20.4. The van der Waals surface area contributed by atoms with E-state index in [1.807, 2.05) is 24.3 Å². The van der Waals surface area contributed by atoms with Crippen LogP contribution in [0.1, 0.15) is 13.3 Å². The van der Waals surface area contributed by atoms with Crippen molar-refractivity contribution >= 4 is 34.1 Å². The highest BCUT2D eigenvalue weighted by Crippen LogP contribution is 2.41. The Morgan fingerprint density at radius 1 is 0.833 bits per heavy atom. The third-order valence-electron chi connectivity index (χ3n) is 5.17. The molecule has 0 unspecified atom stereocenters. The van der Waals surface area contributed by atoms with Crippen molar-refractivity contribution in [2.75, 3.05) is 38.8 Å². The predicted octanol–water partition coefficient (Wildman–Crippen LogP) is 6.65. The number of nitrogens with zero attached hydrogens (tertiary/aromatic N) is 6. The van der Waals surface area contributed by atoms with Crippen LogP contribution in [0.5, 0.6) is 11.5 Å². The minimum Gasteiger partial charge on any atom is -0.494 e. The first-order valence-electron chi connectivity index (χ1n) is 11.3. The molecule has 0 aliphatic rings. The van der Waals surface area contributed by atoms with E-state index >= 15 is 0 Å². The second kappa shape index (κ2) is 12.9. The van der Waals surface area contributed by atoms with Crippen LogP contribution in [0.25, 0.3) is 0 Å². The molecular formula is C25H28N6O5. The summed E-state index contributed by atoms with van der Waals surface area (Å²) in [5, 5.41) is 37.1. The highest BCUT2D eigenvalue weighted by Gasteiger charge is 2.12. The molecular weight excluding hydrogens is 464 g/mol.